The van der Waals surface area contributed by atoms with E-state index < -0.39 is 16.1 Å². The fourth-order valence-corrected chi connectivity index (χ4v) is 4.38. The van der Waals surface area contributed by atoms with Gasteiger partial charge in [0, 0.05) is 34.4 Å². The van der Waals surface area contributed by atoms with Gasteiger partial charge < -0.3 is 14.2 Å². The Hall–Kier alpha value is -2.71. The van der Waals surface area contributed by atoms with Gasteiger partial charge in [0.15, 0.2) is 5.58 Å². The smallest absolute Gasteiger partial charge is 0.167 e. The molecule has 0 bridgehead atoms. The number of para-hydroxylation sites is 1. The average Bonchev–Trinajstić information content (AvgIpc) is 3.22. The highest BCUT2D eigenvalue weighted by Crippen LogP contribution is 2.34. The number of nitrogens with zero attached hydrogens (tertiary/aromatic N) is 2. The highest BCUT2D eigenvalue weighted by Gasteiger charge is 2.31. The molecular formula is C25H27N3O3S. The summed E-state index contributed by atoms with van der Waals surface area (Å²) in [5.41, 5.74) is 4.76. The van der Waals surface area contributed by atoms with Gasteiger partial charge in [0.2, 0.25) is 0 Å². The Morgan fingerprint density at radius 3 is 2.50 bits per heavy atom. The van der Waals surface area contributed by atoms with Crippen molar-refractivity contribution in [1.29, 1.82) is 0 Å². The van der Waals surface area contributed by atoms with Crippen molar-refractivity contribution in [2.75, 3.05) is 0 Å². The van der Waals surface area contributed by atoms with Crippen LogP contribution in [-0.4, -0.2) is 24.5 Å². The third-order valence-corrected chi connectivity index (χ3v) is 6.82. The van der Waals surface area contributed by atoms with Crippen molar-refractivity contribution in [2.24, 2.45) is 0 Å². The number of nitrogens with one attached hydrogen (secondary N) is 1. The van der Waals surface area contributed by atoms with Crippen molar-refractivity contribution in [3.8, 4) is 11.3 Å². The monoisotopic (exact) mass is 449 g/mol. The third-order valence-electron chi connectivity index (χ3n) is 5.21. The summed E-state index contributed by atoms with van der Waals surface area (Å²) in [4.78, 5) is 4.55. The molecular weight excluding hydrogens is 422 g/mol. The number of benzene rings is 2. The largest absolute Gasteiger partial charge is 0.598 e. The zero-order valence-corrected chi connectivity index (χ0v) is 19.2. The van der Waals surface area contributed by atoms with Crippen LogP contribution in [0.1, 0.15) is 43.8 Å². The molecule has 2 aromatic heterocycles. The molecule has 0 aliphatic rings. The van der Waals surface area contributed by atoms with Crippen LogP contribution in [0.3, 0.4) is 0 Å². The molecule has 0 spiro atoms. The summed E-state index contributed by atoms with van der Waals surface area (Å²) in [6.45, 7) is 5.69. The topological polar surface area (TPSA) is 94.2 Å². The van der Waals surface area contributed by atoms with Crippen LogP contribution in [0.25, 0.3) is 22.2 Å². The van der Waals surface area contributed by atoms with E-state index in [1.54, 1.807) is 6.07 Å². The van der Waals surface area contributed by atoms with E-state index in [2.05, 4.69) is 14.9 Å². The third kappa shape index (κ3) is 4.86. The molecule has 4 aromatic rings. The van der Waals surface area contributed by atoms with Gasteiger partial charge >= 0.3 is 0 Å². The number of fused-ring (bicyclic) bond motifs is 1. The lowest BCUT2D eigenvalue weighted by Crippen LogP contribution is -2.42. The molecule has 0 saturated heterocycles. The van der Waals surface area contributed by atoms with Crippen molar-refractivity contribution in [3.63, 3.8) is 0 Å². The van der Waals surface area contributed by atoms with Crippen molar-refractivity contribution in [3.05, 3.63) is 83.7 Å². The number of hydrogen-bond donors (Lipinski definition) is 2. The van der Waals surface area contributed by atoms with Gasteiger partial charge in [0.1, 0.15) is 10.4 Å². The second kappa shape index (κ2) is 9.42. The first-order valence-electron chi connectivity index (χ1n) is 10.5. The molecule has 2 N–H and O–H groups in total. The number of aliphatic hydroxyl groups excluding tert-OH is 1. The van der Waals surface area contributed by atoms with E-state index in [4.69, 9.17) is 4.52 Å². The summed E-state index contributed by atoms with van der Waals surface area (Å²) in [5, 5.41) is 14.8. The summed E-state index contributed by atoms with van der Waals surface area (Å²) in [7, 11) is 0. The average molecular weight is 450 g/mol. The molecule has 0 aliphatic heterocycles. The Morgan fingerprint density at radius 2 is 1.72 bits per heavy atom. The summed E-state index contributed by atoms with van der Waals surface area (Å²) in [5.74, 6) is 0. The number of rotatable bonds is 7. The van der Waals surface area contributed by atoms with Crippen molar-refractivity contribution in [2.45, 2.75) is 44.6 Å². The molecule has 4 rings (SSSR count). The zero-order valence-electron chi connectivity index (χ0n) is 18.4. The normalized spacial score (nSPS) is 13.9. The van der Waals surface area contributed by atoms with Crippen LogP contribution < -0.4 is 4.72 Å². The van der Waals surface area contributed by atoms with Crippen molar-refractivity contribution >= 4 is 22.3 Å². The molecule has 6 nitrogen and oxygen atoms in total. The Morgan fingerprint density at radius 1 is 1.00 bits per heavy atom. The van der Waals surface area contributed by atoms with Gasteiger partial charge in [-0.2, -0.15) is 0 Å². The van der Waals surface area contributed by atoms with E-state index in [1.807, 2.05) is 81.4 Å². The van der Waals surface area contributed by atoms with Gasteiger partial charge in [-0.3, -0.25) is 4.98 Å². The Balaban J connectivity index is 1.79. The predicted octanol–water partition coefficient (Wildman–Crippen LogP) is 4.72. The van der Waals surface area contributed by atoms with E-state index in [-0.39, 0.29) is 12.6 Å². The fourth-order valence-electron chi connectivity index (χ4n) is 3.56. The molecule has 0 amide bonds. The second-order valence-electron chi connectivity index (χ2n) is 8.65. The Kier molecular flexibility index (Phi) is 6.62. The molecule has 0 aliphatic carbocycles. The maximum Gasteiger partial charge on any atom is 0.167 e. The number of hydrogen-bond acceptors (Lipinski definition) is 6. The quantitative estimate of drug-likeness (QED) is 0.397. The van der Waals surface area contributed by atoms with Crippen molar-refractivity contribution in [1.82, 2.24) is 14.9 Å². The molecule has 32 heavy (non-hydrogen) atoms. The van der Waals surface area contributed by atoms with E-state index in [9.17, 15) is 9.66 Å². The highest BCUT2D eigenvalue weighted by atomic mass is 32.2. The minimum atomic E-state index is -1.30. The van der Waals surface area contributed by atoms with E-state index >= 15 is 0 Å². The Bertz CT molecular complexity index is 1200. The number of aromatic nitrogens is 2. The highest BCUT2D eigenvalue weighted by molar-refractivity contribution is 7.90. The van der Waals surface area contributed by atoms with Crippen LogP contribution in [-0.2, 0) is 24.4 Å². The van der Waals surface area contributed by atoms with Crippen LogP contribution in [0.15, 0.2) is 71.3 Å². The van der Waals surface area contributed by atoms with Gasteiger partial charge in [-0.15, -0.1) is 4.72 Å². The molecule has 7 heteroatoms. The maximum absolute atomic E-state index is 13.1. The number of pyridine rings is 1. The molecule has 166 valence electrons. The molecule has 0 saturated carbocycles. The van der Waals surface area contributed by atoms with Crippen molar-refractivity contribution < 1.29 is 14.2 Å². The lowest BCUT2D eigenvalue weighted by molar-refractivity contribution is 0.276. The van der Waals surface area contributed by atoms with E-state index in [0.29, 0.717) is 12.1 Å². The molecule has 0 radical (unpaired) electrons. The van der Waals surface area contributed by atoms with Gasteiger partial charge in [0.25, 0.3) is 0 Å². The number of aliphatic hydroxyl groups is 1. The molecule has 2 atom stereocenters. The summed E-state index contributed by atoms with van der Waals surface area (Å²) in [6.07, 6.45) is 0.502. The summed E-state index contributed by atoms with van der Waals surface area (Å²) in [6, 6.07) is 21.0. The molecule has 2 aromatic carbocycles. The minimum Gasteiger partial charge on any atom is -0.598 e. The molecule has 0 fully saturated rings. The van der Waals surface area contributed by atoms with Gasteiger partial charge in [-0.25, -0.2) is 0 Å². The van der Waals surface area contributed by atoms with Gasteiger partial charge in [-0.05, 0) is 50.6 Å². The lowest BCUT2D eigenvalue weighted by Gasteiger charge is -2.29. The van der Waals surface area contributed by atoms with E-state index in [0.717, 1.165) is 33.5 Å². The lowest BCUT2D eigenvalue weighted by atomic mass is 9.94. The zero-order chi connectivity index (χ0) is 22.7. The second-order valence-corrected chi connectivity index (χ2v) is 10.6. The van der Waals surface area contributed by atoms with Gasteiger partial charge in [0.05, 0.1) is 18.3 Å². The first kappa shape index (κ1) is 22.5. The molecule has 1 unspecified atom stereocenters. The van der Waals surface area contributed by atoms with Crippen LogP contribution in [0.5, 0.6) is 0 Å². The maximum atomic E-state index is 13.1. The fraction of sp³-hybridized carbons (Fsp3) is 0.280. The van der Waals surface area contributed by atoms with Crippen LogP contribution in [0.2, 0.25) is 0 Å². The minimum absolute atomic E-state index is 0.124. The van der Waals surface area contributed by atoms with E-state index in [1.165, 1.54) is 0 Å². The van der Waals surface area contributed by atoms with Crippen LogP contribution in [0.4, 0.5) is 0 Å². The SMILES string of the molecule is CC(C)(C)[S@+]([O-])NC(Cc1cccc(CO)n1)c1ccccc1-c1noc2ccccc12. The van der Waals surface area contributed by atoms with Crippen LogP contribution in [0, 0.1) is 0 Å². The summed E-state index contributed by atoms with van der Waals surface area (Å²) >= 11 is -1.30. The first-order chi connectivity index (χ1) is 15.4. The first-order valence-corrected chi connectivity index (χ1v) is 11.7. The van der Waals surface area contributed by atoms with Gasteiger partial charge in [-0.1, -0.05) is 47.6 Å². The molecule has 2 heterocycles. The summed E-state index contributed by atoms with van der Waals surface area (Å²) < 4.78 is 21.5. The standard InChI is InChI=1S/C25H27N3O3S/c1-25(2,3)32(30)28-22(15-17-9-8-10-18(16-29)26-17)19-11-4-5-12-20(19)24-21-13-6-7-14-23(21)31-27-24/h4-14,22,28-29H,15-16H2,1-3H3/t22?,32-/m0/s1. The van der Waals surface area contributed by atoms with Crippen LogP contribution >= 0.6 is 0 Å². The Labute approximate surface area is 191 Å². The predicted molar refractivity (Wildman–Crippen MR) is 127 cm³/mol.